The molecular weight excluding hydrogens is 234 g/mol. The molecular formula is C13H16ClN3. The van der Waals surface area contributed by atoms with Gasteiger partial charge >= 0.3 is 0 Å². The summed E-state index contributed by atoms with van der Waals surface area (Å²) >= 11 is 5.81. The fourth-order valence-electron chi connectivity index (χ4n) is 1.74. The summed E-state index contributed by atoms with van der Waals surface area (Å²) in [7, 11) is 0. The van der Waals surface area contributed by atoms with Crippen molar-refractivity contribution in [2.45, 2.75) is 25.9 Å². The SMILES string of the molecule is CCn1ccnc1NCc1cccc(CCl)c1. The smallest absolute Gasteiger partial charge is 0.203 e. The third-order valence-corrected chi connectivity index (χ3v) is 2.96. The van der Waals surface area contributed by atoms with Crippen molar-refractivity contribution in [1.29, 1.82) is 0 Å². The number of imidazole rings is 1. The van der Waals surface area contributed by atoms with Gasteiger partial charge in [0.1, 0.15) is 0 Å². The molecule has 3 nitrogen and oxygen atoms in total. The molecule has 4 heteroatoms. The Hall–Kier alpha value is -1.48. The number of nitrogens with one attached hydrogen (secondary N) is 1. The van der Waals surface area contributed by atoms with Gasteiger partial charge in [-0.1, -0.05) is 24.3 Å². The third kappa shape index (κ3) is 3.01. The number of hydrogen-bond acceptors (Lipinski definition) is 2. The quantitative estimate of drug-likeness (QED) is 0.825. The molecule has 0 aliphatic carbocycles. The second kappa shape index (κ2) is 5.73. The number of hydrogen-bond donors (Lipinski definition) is 1. The molecule has 0 radical (unpaired) electrons. The highest BCUT2D eigenvalue weighted by atomic mass is 35.5. The summed E-state index contributed by atoms with van der Waals surface area (Å²) in [5.74, 6) is 1.46. The first-order chi connectivity index (χ1) is 8.33. The summed E-state index contributed by atoms with van der Waals surface area (Å²) in [6.45, 7) is 3.78. The van der Waals surface area contributed by atoms with Crippen LogP contribution in [0.1, 0.15) is 18.1 Å². The van der Waals surface area contributed by atoms with Gasteiger partial charge in [0.05, 0.1) is 0 Å². The van der Waals surface area contributed by atoms with E-state index in [0.717, 1.165) is 24.6 Å². The molecule has 2 aromatic rings. The number of aryl methyl sites for hydroxylation is 1. The number of benzene rings is 1. The van der Waals surface area contributed by atoms with Crippen molar-refractivity contribution in [1.82, 2.24) is 9.55 Å². The third-order valence-electron chi connectivity index (χ3n) is 2.65. The fraction of sp³-hybridized carbons (Fsp3) is 0.308. The van der Waals surface area contributed by atoms with Crippen LogP contribution in [0.15, 0.2) is 36.7 Å². The molecule has 0 atom stereocenters. The van der Waals surface area contributed by atoms with Crippen LogP contribution in [0, 0.1) is 0 Å². The lowest BCUT2D eigenvalue weighted by atomic mass is 10.1. The van der Waals surface area contributed by atoms with Gasteiger partial charge in [-0.3, -0.25) is 0 Å². The largest absolute Gasteiger partial charge is 0.352 e. The van der Waals surface area contributed by atoms with Crippen molar-refractivity contribution in [2.24, 2.45) is 0 Å². The maximum atomic E-state index is 5.81. The molecule has 0 saturated carbocycles. The van der Waals surface area contributed by atoms with Gasteiger partial charge in [0, 0.05) is 31.4 Å². The van der Waals surface area contributed by atoms with Gasteiger partial charge in [-0.25, -0.2) is 4.98 Å². The Morgan fingerprint density at radius 2 is 2.18 bits per heavy atom. The molecule has 90 valence electrons. The highest BCUT2D eigenvalue weighted by Gasteiger charge is 2.00. The zero-order valence-corrected chi connectivity index (χ0v) is 10.6. The summed E-state index contributed by atoms with van der Waals surface area (Å²) in [5, 5.41) is 3.32. The lowest BCUT2D eigenvalue weighted by molar-refractivity contribution is 0.763. The highest BCUT2D eigenvalue weighted by molar-refractivity contribution is 6.17. The van der Waals surface area contributed by atoms with Crippen LogP contribution in [0.3, 0.4) is 0 Å². The molecule has 1 aromatic carbocycles. The Kier molecular flexibility index (Phi) is 4.04. The van der Waals surface area contributed by atoms with Gasteiger partial charge in [0.2, 0.25) is 5.95 Å². The molecule has 0 amide bonds. The van der Waals surface area contributed by atoms with Gasteiger partial charge in [-0.2, -0.15) is 0 Å². The van der Waals surface area contributed by atoms with Crippen LogP contribution in [-0.4, -0.2) is 9.55 Å². The van der Waals surface area contributed by atoms with Crippen LogP contribution in [0.5, 0.6) is 0 Å². The minimum Gasteiger partial charge on any atom is -0.352 e. The van der Waals surface area contributed by atoms with Crippen LogP contribution in [-0.2, 0) is 19.0 Å². The molecule has 1 heterocycles. The number of nitrogens with zero attached hydrogens (tertiary/aromatic N) is 2. The summed E-state index contributed by atoms with van der Waals surface area (Å²) in [6, 6.07) is 8.26. The molecule has 2 rings (SSSR count). The highest BCUT2D eigenvalue weighted by Crippen LogP contribution is 2.10. The van der Waals surface area contributed by atoms with Crippen molar-refractivity contribution in [2.75, 3.05) is 5.32 Å². The van der Waals surface area contributed by atoms with Crippen molar-refractivity contribution in [3.63, 3.8) is 0 Å². The first-order valence-corrected chi connectivity index (χ1v) is 6.25. The second-order valence-corrected chi connectivity index (χ2v) is 4.11. The minimum atomic E-state index is 0.553. The number of anilines is 1. The Morgan fingerprint density at radius 3 is 2.94 bits per heavy atom. The van der Waals surface area contributed by atoms with E-state index >= 15 is 0 Å². The number of halogens is 1. The van der Waals surface area contributed by atoms with Gasteiger partial charge in [0.15, 0.2) is 0 Å². The van der Waals surface area contributed by atoms with E-state index in [2.05, 4.69) is 33.9 Å². The topological polar surface area (TPSA) is 29.9 Å². The van der Waals surface area contributed by atoms with Gasteiger partial charge < -0.3 is 9.88 Å². The summed E-state index contributed by atoms with van der Waals surface area (Å²) < 4.78 is 2.07. The standard InChI is InChI=1S/C13H16ClN3/c1-2-17-7-6-15-13(17)16-10-12-5-3-4-11(8-12)9-14/h3-8H,2,9-10H2,1H3,(H,15,16). The molecule has 17 heavy (non-hydrogen) atoms. The zero-order valence-electron chi connectivity index (χ0n) is 9.86. The Morgan fingerprint density at radius 1 is 1.35 bits per heavy atom. The van der Waals surface area contributed by atoms with E-state index in [4.69, 9.17) is 11.6 Å². The van der Waals surface area contributed by atoms with Crippen molar-refractivity contribution in [3.8, 4) is 0 Å². The summed E-state index contributed by atoms with van der Waals surface area (Å²) in [6.07, 6.45) is 3.78. The van der Waals surface area contributed by atoms with Crippen LogP contribution < -0.4 is 5.32 Å². The van der Waals surface area contributed by atoms with E-state index < -0.39 is 0 Å². The first kappa shape index (κ1) is 12.0. The van der Waals surface area contributed by atoms with Crippen molar-refractivity contribution >= 4 is 17.5 Å². The van der Waals surface area contributed by atoms with E-state index in [1.165, 1.54) is 5.56 Å². The maximum absolute atomic E-state index is 5.81. The number of rotatable bonds is 5. The van der Waals surface area contributed by atoms with E-state index in [-0.39, 0.29) is 0 Å². The van der Waals surface area contributed by atoms with Crippen LogP contribution in [0.25, 0.3) is 0 Å². The molecule has 1 N–H and O–H groups in total. The predicted octanol–water partition coefficient (Wildman–Crippen LogP) is 3.25. The number of aromatic nitrogens is 2. The van der Waals surface area contributed by atoms with Crippen LogP contribution in [0.4, 0.5) is 5.95 Å². The van der Waals surface area contributed by atoms with E-state index in [9.17, 15) is 0 Å². The first-order valence-electron chi connectivity index (χ1n) is 5.72. The Balaban J connectivity index is 2.02. The maximum Gasteiger partial charge on any atom is 0.203 e. The Labute approximate surface area is 106 Å². The summed E-state index contributed by atoms with van der Waals surface area (Å²) in [5.41, 5.74) is 2.36. The van der Waals surface area contributed by atoms with Gasteiger partial charge in [0.25, 0.3) is 0 Å². The molecule has 0 fully saturated rings. The fourth-order valence-corrected chi connectivity index (χ4v) is 1.90. The lowest BCUT2D eigenvalue weighted by Gasteiger charge is -2.08. The van der Waals surface area contributed by atoms with Crippen LogP contribution >= 0.6 is 11.6 Å². The average molecular weight is 250 g/mol. The number of alkyl halides is 1. The van der Waals surface area contributed by atoms with E-state index in [1.54, 1.807) is 6.20 Å². The molecule has 1 aromatic heterocycles. The average Bonchev–Trinajstić information content (AvgIpc) is 2.84. The van der Waals surface area contributed by atoms with E-state index in [1.807, 2.05) is 18.3 Å². The van der Waals surface area contributed by atoms with E-state index in [0.29, 0.717) is 5.88 Å². The monoisotopic (exact) mass is 249 g/mol. The normalized spacial score (nSPS) is 10.5. The zero-order chi connectivity index (χ0) is 12.1. The summed E-state index contributed by atoms with van der Waals surface area (Å²) in [4.78, 5) is 4.27. The molecule has 0 aliphatic rings. The van der Waals surface area contributed by atoms with Crippen LogP contribution in [0.2, 0.25) is 0 Å². The Bertz CT molecular complexity index is 479. The minimum absolute atomic E-state index is 0.553. The lowest BCUT2D eigenvalue weighted by Crippen LogP contribution is -2.06. The molecule has 0 unspecified atom stereocenters. The molecule has 0 bridgehead atoms. The predicted molar refractivity (Wildman–Crippen MR) is 71.2 cm³/mol. The second-order valence-electron chi connectivity index (χ2n) is 3.84. The van der Waals surface area contributed by atoms with Gasteiger partial charge in [-0.15, -0.1) is 11.6 Å². The van der Waals surface area contributed by atoms with Crippen molar-refractivity contribution in [3.05, 3.63) is 47.8 Å². The van der Waals surface area contributed by atoms with Crippen molar-refractivity contribution < 1.29 is 0 Å². The van der Waals surface area contributed by atoms with Gasteiger partial charge in [-0.05, 0) is 18.1 Å². The molecule has 0 aliphatic heterocycles. The molecule has 0 saturated heterocycles. The molecule has 0 spiro atoms.